The molecular formula is C18H27N5O2. The number of fused-ring (bicyclic) bond motifs is 1. The standard InChI is InChI=1S/C18H27N5O2/c1-3-22(4-2)12-15-10-19-17-16(11-21-23(17)13-15)18(24)20-9-14-5-7-25-8-6-14/h10-11,13-14H,3-9,12H2,1-2H3,(H,20,24). The Kier molecular flexibility index (Phi) is 5.99. The minimum Gasteiger partial charge on any atom is -0.381 e. The van der Waals surface area contributed by atoms with Crippen molar-refractivity contribution in [3.8, 4) is 0 Å². The lowest BCUT2D eigenvalue weighted by Gasteiger charge is -2.21. The van der Waals surface area contributed by atoms with Gasteiger partial charge >= 0.3 is 0 Å². The topological polar surface area (TPSA) is 71.8 Å². The summed E-state index contributed by atoms with van der Waals surface area (Å²) in [6.07, 6.45) is 7.40. The summed E-state index contributed by atoms with van der Waals surface area (Å²) in [5.41, 5.74) is 2.22. The van der Waals surface area contributed by atoms with E-state index < -0.39 is 0 Å². The normalized spacial score (nSPS) is 15.8. The maximum absolute atomic E-state index is 12.5. The number of carbonyl (C=O) groups excluding carboxylic acids is 1. The van der Waals surface area contributed by atoms with Gasteiger partial charge in [-0.3, -0.25) is 9.69 Å². The molecule has 0 saturated carbocycles. The second-order valence-electron chi connectivity index (χ2n) is 6.52. The summed E-state index contributed by atoms with van der Waals surface area (Å²) < 4.78 is 7.05. The van der Waals surface area contributed by atoms with Gasteiger partial charge in [0.2, 0.25) is 0 Å². The maximum Gasteiger partial charge on any atom is 0.256 e. The lowest BCUT2D eigenvalue weighted by molar-refractivity contribution is 0.0643. The number of hydrogen-bond donors (Lipinski definition) is 1. The zero-order valence-corrected chi connectivity index (χ0v) is 15.1. The smallest absolute Gasteiger partial charge is 0.256 e. The first kappa shape index (κ1) is 17.8. The molecule has 1 N–H and O–H groups in total. The van der Waals surface area contributed by atoms with Crippen molar-refractivity contribution >= 4 is 11.6 Å². The second kappa shape index (κ2) is 8.40. The lowest BCUT2D eigenvalue weighted by atomic mass is 10.0. The molecule has 7 heteroatoms. The Morgan fingerprint density at radius 3 is 2.80 bits per heavy atom. The molecule has 0 atom stereocenters. The van der Waals surface area contributed by atoms with E-state index in [0.29, 0.717) is 23.7 Å². The van der Waals surface area contributed by atoms with Crippen molar-refractivity contribution in [3.05, 3.63) is 29.7 Å². The van der Waals surface area contributed by atoms with Gasteiger partial charge in [-0.1, -0.05) is 13.8 Å². The summed E-state index contributed by atoms with van der Waals surface area (Å²) in [5, 5.41) is 7.32. The van der Waals surface area contributed by atoms with Crippen molar-refractivity contribution in [2.75, 3.05) is 32.8 Å². The number of amides is 1. The predicted molar refractivity (Wildman–Crippen MR) is 95.5 cm³/mol. The molecule has 25 heavy (non-hydrogen) atoms. The van der Waals surface area contributed by atoms with Crippen LogP contribution in [0.1, 0.15) is 42.6 Å². The molecule has 1 fully saturated rings. The third-order valence-electron chi connectivity index (χ3n) is 4.85. The van der Waals surface area contributed by atoms with Crippen LogP contribution in [0.2, 0.25) is 0 Å². The zero-order valence-electron chi connectivity index (χ0n) is 15.1. The highest BCUT2D eigenvalue weighted by molar-refractivity contribution is 5.99. The van der Waals surface area contributed by atoms with Crippen molar-refractivity contribution in [1.82, 2.24) is 24.8 Å². The quantitative estimate of drug-likeness (QED) is 0.827. The first-order valence-corrected chi connectivity index (χ1v) is 9.11. The lowest BCUT2D eigenvalue weighted by Crippen LogP contribution is -2.32. The fourth-order valence-corrected chi connectivity index (χ4v) is 3.14. The molecule has 1 saturated heterocycles. The van der Waals surface area contributed by atoms with Crippen LogP contribution in [0.4, 0.5) is 0 Å². The molecule has 0 bridgehead atoms. The number of aromatic nitrogens is 3. The van der Waals surface area contributed by atoms with Gasteiger partial charge in [0.25, 0.3) is 5.91 Å². The first-order chi connectivity index (χ1) is 12.2. The largest absolute Gasteiger partial charge is 0.381 e. The van der Waals surface area contributed by atoms with Crippen LogP contribution in [0.3, 0.4) is 0 Å². The van der Waals surface area contributed by atoms with Crippen LogP contribution in [0.25, 0.3) is 5.65 Å². The van der Waals surface area contributed by atoms with Crippen molar-refractivity contribution in [2.45, 2.75) is 33.2 Å². The Hall–Kier alpha value is -1.99. The van der Waals surface area contributed by atoms with Crippen molar-refractivity contribution in [1.29, 1.82) is 0 Å². The average molecular weight is 345 g/mol. The van der Waals surface area contributed by atoms with E-state index in [0.717, 1.165) is 51.3 Å². The van der Waals surface area contributed by atoms with Gasteiger partial charge in [0.15, 0.2) is 5.65 Å². The summed E-state index contributed by atoms with van der Waals surface area (Å²) in [7, 11) is 0. The number of rotatable bonds is 7. The predicted octanol–water partition coefficient (Wildman–Crippen LogP) is 1.73. The Morgan fingerprint density at radius 2 is 2.08 bits per heavy atom. The maximum atomic E-state index is 12.5. The molecule has 1 amide bonds. The van der Waals surface area contributed by atoms with Crippen LogP contribution in [0.5, 0.6) is 0 Å². The Labute approximate surface area is 148 Å². The molecule has 2 aromatic rings. The van der Waals surface area contributed by atoms with E-state index in [1.54, 1.807) is 10.7 Å². The third kappa shape index (κ3) is 4.35. The van der Waals surface area contributed by atoms with Gasteiger partial charge in [-0.05, 0) is 31.8 Å². The number of nitrogens with one attached hydrogen (secondary N) is 1. The fraction of sp³-hybridized carbons (Fsp3) is 0.611. The molecule has 0 aliphatic carbocycles. The highest BCUT2D eigenvalue weighted by atomic mass is 16.5. The van der Waals surface area contributed by atoms with Crippen molar-refractivity contribution in [2.24, 2.45) is 5.92 Å². The van der Waals surface area contributed by atoms with E-state index in [-0.39, 0.29) is 5.91 Å². The average Bonchev–Trinajstić information content (AvgIpc) is 3.08. The van der Waals surface area contributed by atoms with E-state index in [1.807, 2.05) is 12.4 Å². The molecule has 1 aliphatic rings. The Morgan fingerprint density at radius 1 is 1.32 bits per heavy atom. The summed E-state index contributed by atoms with van der Waals surface area (Å²) in [6.45, 7) is 9.36. The van der Waals surface area contributed by atoms with Gasteiger partial charge in [0, 0.05) is 44.3 Å². The van der Waals surface area contributed by atoms with Crippen molar-refractivity contribution in [3.63, 3.8) is 0 Å². The molecule has 2 aromatic heterocycles. The molecule has 0 aromatic carbocycles. The third-order valence-corrected chi connectivity index (χ3v) is 4.85. The zero-order chi connectivity index (χ0) is 17.6. The summed E-state index contributed by atoms with van der Waals surface area (Å²) >= 11 is 0. The van der Waals surface area contributed by atoms with Gasteiger partial charge in [-0.2, -0.15) is 5.10 Å². The molecule has 3 rings (SSSR count). The molecule has 3 heterocycles. The SMILES string of the molecule is CCN(CC)Cc1cnc2c(C(=O)NCC3CCOCC3)cnn2c1. The van der Waals surface area contributed by atoms with Crippen LogP contribution < -0.4 is 5.32 Å². The van der Waals surface area contributed by atoms with E-state index in [4.69, 9.17) is 4.74 Å². The highest BCUT2D eigenvalue weighted by Crippen LogP contribution is 2.14. The van der Waals surface area contributed by atoms with Gasteiger partial charge in [0.05, 0.1) is 6.20 Å². The number of nitrogens with zero attached hydrogens (tertiary/aromatic N) is 4. The molecular weight excluding hydrogens is 318 g/mol. The minimum atomic E-state index is -0.106. The molecule has 1 aliphatic heterocycles. The fourth-order valence-electron chi connectivity index (χ4n) is 3.14. The molecule has 0 spiro atoms. The van der Waals surface area contributed by atoms with Crippen molar-refractivity contribution < 1.29 is 9.53 Å². The van der Waals surface area contributed by atoms with E-state index in [1.165, 1.54) is 0 Å². The number of ether oxygens (including phenoxy) is 1. The van der Waals surface area contributed by atoms with Crippen LogP contribution in [0.15, 0.2) is 18.6 Å². The second-order valence-corrected chi connectivity index (χ2v) is 6.52. The van der Waals surface area contributed by atoms with Crippen LogP contribution in [-0.4, -0.2) is 58.3 Å². The molecule has 0 unspecified atom stereocenters. The van der Waals surface area contributed by atoms with Crippen LogP contribution >= 0.6 is 0 Å². The van der Waals surface area contributed by atoms with Crippen LogP contribution in [-0.2, 0) is 11.3 Å². The molecule has 136 valence electrons. The van der Waals surface area contributed by atoms with E-state index >= 15 is 0 Å². The van der Waals surface area contributed by atoms with E-state index in [2.05, 4.69) is 34.1 Å². The van der Waals surface area contributed by atoms with Gasteiger partial charge in [0.1, 0.15) is 5.56 Å². The van der Waals surface area contributed by atoms with Gasteiger partial charge in [-0.15, -0.1) is 0 Å². The first-order valence-electron chi connectivity index (χ1n) is 9.11. The Balaban J connectivity index is 1.66. The van der Waals surface area contributed by atoms with Gasteiger partial charge in [-0.25, -0.2) is 9.50 Å². The summed E-state index contributed by atoms with van der Waals surface area (Å²) in [4.78, 5) is 19.3. The monoisotopic (exact) mass is 345 g/mol. The Bertz CT molecular complexity index is 705. The summed E-state index contributed by atoms with van der Waals surface area (Å²) in [5.74, 6) is 0.388. The molecule has 0 radical (unpaired) electrons. The number of carbonyl (C=O) groups is 1. The van der Waals surface area contributed by atoms with Crippen LogP contribution in [0, 0.1) is 5.92 Å². The van der Waals surface area contributed by atoms with Gasteiger partial charge < -0.3 is 10.1 Å². The van der Waals surface area contributed by atoms with E-state index in [9.17, 15) is 4.79 Å². The molecule has 7 nitrogen and oxygen atoms in total. The summed E-state index contributed by atoms with van der Waals surface area (Å²) in [6, 6.07) is 0. The highest BCUT2D eigenvalue weighted by Gasteiger charge is 2.18. The minimum absolute atomic E-state index is 0.106. The number of hydrogen-bond acceptors (Lipinski definition) is 5.